The highest BCUT2D eigenvalue weighted by molar-refractivity contribution is 7.93. The maximum absolute atomic E-state index is 13.5. The molecule has 0 bridgehead atoms. The van der Waals surface area contributed by atoms with Crippen molar-refractivity contribution in [3.8, 4) is 11.3 Å². The highest BCUT2D eigenvalue weighted by Crippen LogP contribution is 2.29. The molecule has 3 aromatic carbocycles. The predicted molar refractivity (Wildman–Crippen MR) is 147 cm³/mol. The minimum atomic E-state index is -4.08. The predicted octanol–water partition coefficient (Wildman–Crippen LogP) is 4.80. The fourth-order valence-electron chi connectivity index (χ4n) is 3.85. The van der Waals surface area contributed by atoms with Crippen LogP contribution in [0, 0.1) is 13.8 Å². The van der Waals surface area contributed by atoms with Crippen LogP contribution in [-0.4, -0.2) is 31.8 Å². The average Bonchev–Trinajstić information content (AvgIpc) is 3.49. The first-order valence-electron chi connectivity index (χ1n) is 11.9. The number of aromatic nitrogens is 3. The summed E-state index contributed by atoms with van der Waals surface area (Å²) in [6, 6.07) is 24.0. The van der Waals surface area contributed by atoms with Crippen LogP contribution in [-0.2, 0) is 26.6 Å². The van der Waals surface area contributed by atoms with Crippen molar-refractivity contribution in [3.63, 3.8) is 0 Å². The van der Waals surface area contributed by atoms with Crippen LogP contribution < -0.4 is 9.44 Å². The molecule has 12 heteroatoms. The summed E-state index contributed by atoms with van der Waals surface area (Å²) in [7, 11) is -8.06. The highest BCUT2D eigenvalue weighted by Gasteiger charge is 2.25. The zero-order valence-electron chi connectivity index (χ0n) is 21.1. The standard InChI is InChI=1S/C27H25N5O5S2/c1-19-20(2)29-37-27(19)31-38(33,34)24-15-13-23(14-16-24)30-39(35,36)25-18-32(17-21-9-5-3-6-10-21)28-26(25)22-11-7-4-8-12-22/h3-16,18,30-31H,17H2,1-2H3. The molecule has 39 heavy (non-hydrogen) atoms. The molecule has 0 aliphatic heterocycles. The van der Waals surface area contributed by atoms with Crippen molar-refractivity contribution in [2.75, 3.05) is 9.44 Å². The summed E-state index contributed by atoms with van der Waals surface area (Å²) < 4.78 is 64.1. The summed E-state index contributed by atoms with van der Waals surface area (Å²) in [5.74, 6) is 0.0261. The van der Waals surface area contributed by atoms with Crippen LogP contribution >= 0.6 is 0 Å². The molecule has 5 aromatic rings. The number of hydrogen-bond acceptors (Lipinski definition) is 7. The smallest absolute Gasteiger partial charge is 0.265 e. The van der Waals surface area contributed by atoms with Gasteiger partial charge in [0.15, 0.2) is 0 Å². The number of nitrogens with one attached hydrogen (secondary N) is 2. The lowest BCUT2D eigenvalue weighted by Crippen LogP contribution is -2.15. The van der Waals surface area contributed by atoms with Crippen molar-refractivity contribution < 1.29 is 21.4 Å². The van der Waals surface area contributed by atoms with Gasteiger partial charge in [-0.05, 0) is 43.7 Å². The third-order valence-electron chi connectivity index (χ3n) is 6.05. The fraction of sp³-hybridized carbons (Fsp3) is 0.111. The van der Waals surface area contributed by atoms with E-state index in [1.54, 1.807) is 30.7 Å². The second-order valence-corrected chi connectivity index (χ2v) is 12.2. The summed E-state index contributed by atoms with van der Waals surface area (Å²) in [6.07, 6.45) is 1.49. The Bertz CT molecular complexity index is 1810. The minimum Gasteiger partial charge on any atom is -0.337 e. The van der Waals surface area contributed by atoms with Crippen molar-refractivity contribution in [2.24, 2.45) is 0 Å². The van der Waals surface area contributed by atoms with Crippen LogP contribution in [0.4, 0.5) is 11.6 Å². The SMILES string of the molecule is Cc1noc(NS(=O)(=O)c2ccc(NS(=O)(=O)c3cn(Cc4ccccc4)nc3-c3ccccc3)cc2)c1C. The van der Waals surface area contributed by atoms with Gasteiger partial charge in [-0.3, -0.25) is 9.40 Å². The molecule has 0 aliphatic rings. The number of aryl methyl sites for hydroxylation is 1. The molecule has 0 saturated heterocycles. The number of anilines is 2. The molecule has 200 valence electrons. The monoisotopic (exact) mass is 563 g/mol. The van der Waals surface area contributed by atoms with Crippen LogP contribution in [0.1, 0.15) is 16.8 Å². The first kappa shape index (κ1) is 26.2. The van der Waals surface area contributed by atoms with Gasteiger partial charge in [-0.1, -0.05) is 65.8 Å². The van der Waals surface area contributed by atoms with E-state index in [2.05, 4.69) is 19.7 Å². The molecule has 0 unspecified atom stereocenters. The number of benzene rings is 3. The Morgan fingerprint density at radius 1 is 0.795 bits per heavy atom. The van der Waals surface area contributed by atoms with Gasteiger partial charge >= 0.3 is 0 Å². The molecular weight excluding hydrogens is 538 g/mol. The Balaban J connectivity index is 1.42. The van der Waals surface area contributed by atoms with Crippen molar-refractivity contribution in [2.45, 2.75) is 30.2 Å². The van der Waals surface area contributed by atoms with Gasteiger partial charge < -0.3 is 4.52 Å². The van der Waals surface area contributed by atoms with Crippen molar-refractivity contribution in [1.82, 2.24) is 14.9 Å². The molecule has 0 saturated carbocycles. The normalized spacial score (nSPS) is 11.8. The van der Waals surface area contributed by atoms with E-state index in [0.29, 0.717) is 29.1 Å². The summed E-state index contributed by atoms with van der Waals surface area (Å²) in [5.41, 5.74) is 3.26. The van der Waals surface area contributed by atoms with Crippen molar-refractivity contribution in [1.29, 1.82) is 0 Å². The molecule has 0 radical (unpaired) electrons. The van der Waals surface area contributed by atoms with Crippen LogP contribution in [0.5, 0.6) is 0 Å². The lowest BCUT2D eigenvalue weighted by molar-refractivity contribution is 0.430. The largest absolute Gasteiger partial charge is 0.337 e. The van der Waals surface area contributed by atoms with Crippen molar-refractivity contribution >= 4 is 31.6 Å². The molecule has 2 heterocycles. The molecule has 2 aromatic heterocycles. The minimum absolute atomic E-state index is 0.000778. The van der Waals surface area contributed by atoms with E-state index in [1.807, 2.05) is 48.5 Å². The first-order valence-corrected chi connectivity index (χ1v) is 14.8. The summed E-state index contributed by atoms with van der Waals surface area (Å²) in [5, 5.41) is 8.32. The maximum Gasteiger partial charge on any atom is 0.265 e. The Hall–Kier alpha value is -4.42. The highest BCUT2D eigenvalue weighted by atomic mass is 32.2. The Kier molecular flexibility index (Phi) is 6.98. The lowest BCUT2D eigenvalue weighted by Gasteiger charge is -2.10. The zero-order chi connectivity index (χ0) is 27.6. The molecule has 2 N–H and O–H groups in total. The third-order valence-corrected chi connectivity index (χ3v) is 8.78. The molecule has 0 fully saturated rings. The van der Waals surface area contributed by atoms with E-state index in [0.717, 1.165) is 5.56 Å². The van der Waals surface area contributed by atoms with Gasteiger partial charge in [0.2, 0.25) is 5.88 Å². The first-order chi connectivity index (χ1) is 18.6. The van der Waals surface area contributed by atoms with Gasteiger partial charge in [-0.15, -0.1) is 0 Å². The van der Waals surface area contributed by atoms with Crippen LogP contribution in [0.25, 0.3) is 11.3 Å². The van der Waals surface area contributed by atoms with Gasteiger partial charge in [-0.25, -0.2) is 21.6 Å². The molecule has 5 rings (SSSR count). The molecule has 0 amide bonds. The van der Waals surface area contributed by atoms with E-state index in [9.17, 15) is 16.8 Å². The topological polar surface area (TPSA) is 136 Å². The Morgan fingerprint density at radius 3 is 2.05 bits per heavy atom. The van der Waals surface area contributed by atoms with Crippen molar-refractivity contribution in [3.05, 3.63) is 108 Å². The maximum atomic E-state index is 13.5. The van der Waals surface area contributed by atoms with Crippen LogP contribution in [0.15, 0.2) is 105 Å². The second-order valence-electron chi connectivity index (χ2n) is 8.85. The fourth-order valence-corrected chi connectivity index (χ4v) is 6.13. The number of sulfonamides is 2. The quantitative estimate of drug-likeness (QED) is 0.263. The zero-order valence-corrected chi connectivity index (χ0v) is 22.7. The Labute approximate surface area is 226 Å². The molecule has 0 aliphatic carbocycles. The molecule has 0 atom stereocenters. The van der Waals surface area contributed by atoms with E-state index >= 15 is 0 Å². The molecule has 0 spiro atoms. The lowest BCUT2D eigenvalue weighted by atomic mass is 10.2. The van der Waals surface area contributed by atoms with E-state index in [1.165, 1.54) is 30.5 Å². The second kappa shape index (κ2) is 10.4. The number of hydrogen-bond donors (Lipinski definition) is 2. The van der Waals surface area contributed by atoms with Crippen LogP contribution in [0.2, 0.25) is 0 Å². The molecule has 10 nitrogen and oxygen atoms in total. The summed E-state index contributed by atoms with van der Waals surface area (Å²) in [6.45, 7) is 3.78. The summed E-state index contributed by atoms with van der Waals surface area (Å²) in [4.78, 5) is -0.0706. The number of rotatable bonds is 9. The third kappa shape index (κ3) is 5.71. The van der Waals surface area contributed by atoms with E-state index < -0.39 is 20.0 Å². The van der Waals surface area contributed by atoms with Gasteiger partial charge in [0, 0.05) is 23.0 Å². The Morgan fingerprint density at radius 2 is 1.44 bits per heavy atom. The van der Waals surface area contributed by atoms with Gasteiger partial charge in [0.1, 0.15) is 10.6 Å². The number of nitrogens with zero attached hydrogens (tertiary/aromatic N) is 3. The van der Waals surface area contributed by atoms with Gasteiger partial charge in [0.25, 0.3) is 20.0 Å². The van der Waals surface area contributed by atoms with Gasteiger partial charge in [-0.2, -0.15) is 5.10 Å². The van der Waals surface area contributed by atoms with E-state index in [4.69, 9.17) is 4.52 Å². The van der Waals surface area contributed by atoms with E-state index in [-0.39, 0.29) is 21.4 Å². The average molecular weight is 564 g/mol. The van der Waals surface area contributed by atoms with Crippen LogP contribution in [0.3, 0.4) is 0 Å². The molecular formula is C27H25N5O5S2. The summed E-state index contributed by atoms with van der Waals surface area (Å²) >= 11 is 0. The van der Waals surface area contributed by atoms with Gasteiger partial charge in [0.05, 0.1) is 17.1 Å².